The molecule has 4 heteroatoms. The van der Waals surface area contributed by atoms with Gasteiger partial charge in [0.05, 0.1) is 10.7 Å². The molecule has 0 atom stereocenters. The van der Waals surface area contributed by atoms with Crippen molar-refractivity contribution in [2.24, 2.45) is 0 Å². The number of pyridine rings is 1. The highest BCUT2D eigenvalue weighted by molar-refractivity contribution is 6.31. The molecular formula is C6H6ClFN2. The minimum absolute atomic E-state index is 0.109. The van der Waals surface area contributed by atoms with Gasteiger partial charge < -0.3 is 5.73 Å². The molecule has 1 rings (SSSR count). The summed E-state index contributed by atoms with van der Waals surface area (Å²) in [6.07, 6.45) is 0. The van der Waals surface area contributed by atoms with Gasteiger partial charge in [0, 0.05) is 0 Å². The van der Waals surface area contributed by atoms with E-state index in [1.807, 2.05) is 0 Å². The van der Waals surface area contributed by atoms with E-state index in [2.05, 4.69) is 4.98 Å². The van der Waals surface area contributed by atoms with Crippen LogP contribution >= 0.6 is 11.6 Å². The molecule has 0 bridgehead atoms. The zero-order chi connectivity index (χ0) is 7.72. The van der Waals surface area contributed by atoms with Crippen molar-refractivity contribution < 1.29 is 4.39 Å². The zero-order valence-corrected chi connectivity index (χ0v) is 6.11. The fourth-order valence-corrected chi connectivity index (χ4v) is 0.715. The Morgan fingerprint density at radius 3 is 2.80 bits per heavy atom. The first-order chi connectivity index (χ1) is 4.61. The van der Waals surface area contributed by atoms with Crippen molar-refractivity contribution in [2.75, 3.05) is 5.73 Å². The summed E-state index contributed by atoms with van der Waals surface area (Å²) in [5.74, 6) is -0.683. The second kappa shape index (κ2) is 2.42. The van der Waals surface area contributed by atoms with Gasteiger partial charge in [0.15, 0.2) is 11.6 Å². The minimum Gasteiger partial charge on any atom is -0.381 e. The van der Waals surface area contributed by atoms with Crippen LogP contribution in [0.5, 0.6) is 0 Å². The molecule has 0 spiro atoms. The number of hydrogen-bond acceptors (Lipinski definition) is 2. The molecule has 0 fully saturated rings. The van der Waals surface area contributed by atoms with Gasteiger partial charge in [-0.2, -0.15) is 0 Å². The van der Waals surface area contributed by atoms with Crippen molar-refractivity contribution >= 4 is 17.4 Å². The second-order valence-corrected chi connectivity index (χ2v) is 2.33. The summed E-state index contributed by atoms with van der Waals surface area (Å²) in [5.41, 5.74) is 5.69. The lowest BCUT2D eigenvalue weighted by Gasteiger charge is -1.98. The molecule has 0 radical (unpaired) electrons. The first-order valence-electron chi connectivity index (χ1n) is 2.69. The molecule has 2 nitrogen and oxygen atoms in total. The van der Waals surface area contributed by atoms with Crippen LogP contribution < -0.4 is 5.73 Å². The van der Waals surface area contributed by atoms with Crippen LogP contribution in [0.4, 0.5) is 10.2 Å². The molecule has 2 N–H and O–H groups in total. The van der Waals surface area contributed by atoms with Gasteiger partial charge >= 0.3 is 0 Å². The van der Waals surface area contributed by atoms with Crippen molar-refractivity contribution in [1.82, 2.24) is 4.98 Å². The molecule has 0 aliphatic carbocycles. The van der Waals surface area contributed by atoms with E-state index in [1.54, 1.807) is 6.92 Å². The predicted molar refractivity (Wildman–Crippen MR) is 38.4 cm³/mol. The van der Waals surface area contributed by atoms with Crippen molar-refractivity contribution in [3.8, 4) is 0 Å². The molecule has 0 aliphatic rings. The Bertz CT molecular complexity index is 212. The number of aromatic nitrogens is 1. The summed E-state index contributed by atoms with van der Waals surface area (Å²) >= 11 is 5.53. The van der Waals surface area contributed by atoms with Crippen LogP contribution in [0.3, 0.4) is 0 Å². The molecule has 0 aliphatic heterocycles. The van der Waals surface area contributed by atoms with Gasteiger partial charge in [-0.05, 0) is 13.0 Å². The number of anilines is 1. The van der Waals surface area contributed by atoms with Gasteiger partial charge in [0.2, 0.25) is 0 Å². The van der Waals surface area contributed by atoms with Gasteiger partial charge in [0.25, 0.3) is 0 Å². The van der Waals surface area contributed by atoms with E-state index < -0.39 is 5.82 Å². The maximum absolute atomic E-state index is 12.5. The quantitative estimate of drug-likeness (QED) is 0.628. The third-order valence-electron chi connectivity index (χ3n) is 1.13. The lowest BCUT2D eigenvalue weighted by Crippen LogP contribution is -1.96. The number of halogens is 2. The first-order valence-corrected chi connectivity index (χ1v) is 3.07. The van der Waals surface area contributed by atoms with E-state index in [0.29, 0.717) is 10.7 Å². The number of nitrogens with two attached hydrogens (primary N) is 1. The van der Waals surface area contributed by atoms with Crippen LogP contribution in [0.15, 0.2) is 6.07 Å². The molecule has 1 aromatic rings. The Morgan fingerprint density at radius 1 is 1.70 bits per heavy atom. The summed E-state index contributed by atoms with van der Waals surface area (Å²) in [5, 5.41) is 0.298. The smallest absolute Gasteiger partial charge is 0.166 e. The summed E-state index contributed by atoms with van der Waals surface area (Å²) in [4.78, 5) is 3.64. The second-order valence-electron chi connectivity index (χ2n) is 1.92. The van der Waals surface area contributed by atoms with Gasteiger partial charge in [-0.15, -0.1) is 0 Å². The highest BCUT2D eigenvalue weighted by Gasteiger charge is 2.02. The van der Waals surface area contributed by atoms with Gasteiger partial charge in [-0.25, -0.2) is 9.37 Å². The lowest BCUT2D eigenvalue weighted by molar-refractivity contribution is 0.626. The standard InChI is InChI=1S/C6H6ClFN2/c1-3-4(7)2-5(8)6(9)10-3/h2H,1H3,(H2,9,10). The summed E-state index contributed by atoms with van der Waals surface area (Å²) < 4.78 is 12.5. The number of aryl methyl sites for hydroxylation is 1. The fraction of sp³-hybridized carbons (Fsp3) is 0.167. The lowest BCUT2D eigenvalue weighted by atomic mass is 10.3. The Balaban J connectivity index is 3.28. The Labute approximate surface area is 62.8 Å². The Kier molecular flexibility index (Phi) is 1.76. The van der Waals surface area contributed by atoms with Gasteiger partial charge in [-0.3, -0.25) is 0 Å². The normalized spacial score (nSPS) is 9.90. The Hall–Kier alpha value is -0.830. The monoisotopic (exact) mass is 160 g/mol. The number of nitrogens with zero attached hydrogens (tertiary/aromatic N) is 1. The molecule has 0 saturated heterocycles. The van der Waals surface area contributed by atoms with Crippen LogP contribution in [0.1, 0.15) is 5.69 Å². The summed E-state index contributed by atoms with van der Waals surface area (Å²) in [7, 11) is 0. The van der Waals surface area contributed by atoms with Crippen LogP contribution in [0.2, 0.25) is 5.02 Å². The molecular weight excluding hydrogens is 155 g/mol. The average molecular weight is 161 g/mol. The van der Waals surface area contributed by atoms with E-state index in [9.17, 15) is 4.39 Å². The van der Waals surface area contributed by atoms with Crippen LogP contribution in [0.25, 0.3) is 0 Å². The zero-order valence-electron chi connectivity index (χ0n) is 5.36. The van der Waals surface area contributed by atoms with Crippen LogP contribution in [-0.2, 0) is 0 Å². The van der Waals surface area contributed by atoms with Crippen molar-refractivity contribution in [3.63, 3.8) is 0 Å². The maximum atomic E-state index is 12.5. The Morgan fingerprint density at radius 2 is 2.30 bits per heavy atom. The molecule has 1 heterocycles. The minimum atomic E-state index is -0.574. The van der Waals surface area contributed by atoms with Crippen molar-refractivity contribution in [1.29, 1.82) is 0 Å². The van der Waals surface area contributed by atoms with E-state index in [-0.39, 0.29) is 5.82 Å². The highest BCUT2D eigenvalue weighted by atomic mass is 35.5. The topological polar surface area (TPSA) is 38.9 Å². The molecule has 10 heavy (non-hydrogen) atoms. The molecule has 0 unspecified atom stereocenters. The number of nitrogen functional groups attached to an aromatic ring is 1. The summed E-state index contributed by atoms with van der Waals surface area (Å²) in [6.45, 7) is 1.66. The number of rotatable bonds is 0. The third kappa shape index (κ3) is 1.19. The first kappa shape index (κ1) is 7.28. The fourth-order valence-electron chi connectivity index (χ4n) is 0.577. The van der Waals surface area contributed by atoms with E-state index in [4.69, 9.17) is 17.3 Å². The molecule has 54 valence electrons. The summed E-state index contributed by atoms with van der Waals surface area (Å²) in [6, 6.07) is 1.15. The molecule has 0 aromatic carbocycles. The van der Waals surface area contributed by atoms with E-state index >= 15 is 0 Å². The van der Waals surface area contributed by atoms with E-state index in [1.165, 1.54) is 0 Å². The highest BCUT2D eigenvalue weighted by Crippen LogP contribution is 2.17. The van der Waals surface area contributed by atoms with E-state index in [0.717, 1.165) is 6.07 Å². The predicted octanol–water partition coefficient (Wildman–Crippen LogP) is 1.76. The SMILES string of the molecule is Cc1nc(N)c(F)cc1Cl. The maximum Gasteiger partial charge on any atom is 0.166 e. The van der Waals surface area contributed by atoms with Crippen molar-refractivity contribution in [3.05, 3.63) is 22.6 Å². The largest absolute Gasteiger partial charge is 0.381 e. The molecule has 1 aromatic heterocycles. The van der Waals surface area contributed by atoms with Gasteiger partial charge in [0.1, 0.15) is 0 Å². The van der Waals surface area contributed by atoms with Crippen LogP contribution in [-0.4, -0.2) is 4.98 Å². The molecule has 0 saturated carbocycles. The molecule has 0 amide bonds. The average Bonchev–Trinajstić information content (AvgIpc) is 1.84. The van der Waals surface area contributed by atoms with Crippen molar-refractivity contribution in [2.45, 2.75) is 6.92 Å². The van der Waals surface area contributed by atoms with Crippen LogP contribution in [0, 0.1) is 12.7 Å². The third-order valence-corrected chi connectivity index (χ3v) is 1.51. The van der Waals surface area contributed by atoms with Gasteiger partial charge in [-0.1, -0.05) is 11.6 Å². The number of hydrogen-bond donors (Lipinski definition) is 1.